The van der Waals surface area contributed by atoms with Gasteiger partial charge in [-0.3, -0.25) is 10.1 Å². The number of nitrogens with one attached hydrogen (secondary N) is 2. The van der Waals surface area contributed by atoms with Crippen molar-refractivity contribution in [2.24, 2.45) is 0 Å². The highest BCUT2D eigenvalue weighted by molar-refractivity contribution is 8.00. The van der Waals surface area contributed by atoms with E-state index in [9.17, 15) is 9.59 Å². The highest BCUT2D eigenvalue weighted by atomic mass is 32.2. The Morgan fingerprint density at radius 3 is 2.82 bits per heavy atom. The van der Waals surface area contributed by atoms with Crippen LogP contribution in [-0.4, -0.2) is 24.2 Å². The van der Waals surface area contributed by atoms with Gasteiger partial charge in [0.2, 0.25) is 5.91 Å². The summed E-state index contributed by atoms with van der Waals surface area (Å²) in [5, 5.41) is 4.71. The number of carbonyl (C=O) groups is 2. The summed E-state index contributed by atoms with van der Waals surface area (Å²) in [7, 11) is 0. The number of nitrogens with two attached hydrogens (primary N) is 1. The third-order valence-corrected chi connectivity index (χ3v) is 2.81. The van der Waals surface area contributed by atoms with Crippen LogP contribution in [0.3, 0.4) is 0 Å². The highest BCUT2D eigenvalue weighted by Crippen LogP contribution is 2.19. The SMILES string of the molecule is CCNC(=O)NC(=O)CSc1cccc(N)c1. The molecule has 1 aromatic carbocycles. The summed E-state index contributed by atoms with van der Waals surface area (Å²) in [4.78, 5) is 23.3. The van der Waals surface area contributed by atoms with Crippen LogP contribution >= 0.6 is 11.8 Å². The summed E-state index contributed by atoms with van der Waals surface area (Å²) in [5.74, 6) is -0.149. The zero-order valence-electron chi connectivity index (χ0n) is 9.53. The number of hydrogen-bond donors (Lipinski definition) is 3. The number of benzene rings is 1. The molecule has 0 heterocycles. The highest BCUT2D eigenvalue weighted by Gasteiger charge is 2.06. The van der Waals surface area contributed by atoms with Crippen molar-refractivity contribution >= 4 is 29.4 Å². The lowest BCUT2D eigenvalue weighted by atomic mass is 10.3. The molecule has 0 aliphatic heterocycles. The number of rotatable bonds is 4. The van der Waals surface area contributed by atoms with Gasteiger partial charge in [0.05, 0.1) is 5.75 Å². The number of nitrogen functional groups attached to an aromatic ring is 1. The average Bonchev–Trinajstić information content (AvgIpc) is 2.27. The van der Waals surface area contributed by atoms with E-state index < -0.39 is 6.03 Å². The number of urea groups is 1. The molecule has 0 aromatic heterocycles. The van der Waals surface area contributed by atoms with Gasteiger partial charge in [-0.25, -0.2) is 4.79 Å². The van der Waals surface area contributed by atoms with E-state index in [0.29, 0.717) is 12.2 Å². The minimum absolute atomic E-state index is 0.181. The van der Waals surface area contributed by atoms with E-state index in [0.717, 1.165) is 4.90 Å². The van der Waals surface area contributed by atoms with E-state index in [2.05, 4.69) is 10.6 Å². The summed E-state index contributed by atoms with van der Waals surface area (Å²) in [5.41, 5.74) is 6.26. The molecule has 1 aromatic rings. The van der Waals surface area contributed by atoms with Gasteiger partial charge in [-0.05, 0) is 25.1 Å². The second-order valence-corrected chi connectivity index (χ2v) is 4.32. The fourth-order valence-corrected chi connectivity index (χ4v) is 1.88. The molecule has 0 radical (unpaired) electrons. The molecule has 0 aliphatic rings. The van der Waals surface area contributed by atoms with Crippen molar-refractivity contribution in [1.29, 1.82) is 0 Å². The van der Waals surface area contributed by atoms with E-state index in [4.69, 9.17) is 5.73 Å². The third-order valence-electron chi connectivity index (χ3n) is 1.82. The Bertz CT molecular complexity index is 409. The van der Waals surface area contributed by atoms with Crippen molar-refractivity contribution < 1.29 is 9.59 Å². The average molecular weight is 253 g/mol. The maximum absolute atomic E-state index is 11.4. The van der Waals surface area contributed by atoms with E-state index in [1.807, 2.05) is 12.1 Å². The molecule has 3 amide bonds. The molecular weight excluding hydrogens is 238 g/mol. The first-order chi connectivity index (χ1) is 8.11. The molecule has 17 heavy (non-hydrogen) atoms. The fourth-order valence-electron chi connectivity index (χ4n) is 1.12. The predicted molar refractivity (Wildman–Crippen MR) is 68.8 cm³/mol. The van der Waals surface area contributed by atoms with Gasteiger partial charge in [0.15, 0.2) is 0 Å². The lowest BCUT2D eigenvalue weighted by molar-refractivity contribution is -0.117. The van der Waals surface area contributed by atoms with E-state index in [-0.39, 0.29) is 11.7 Å². The summed E-state index contributed by atoms with van der Waals surface area (Å²) in [6, 6.07) is 6.77. The molecule has 92 valence electrons. The number of carbonyl (C=O) groups excluding carboxylic acids is 2. The zero-order valence-corrected chi connectivity index (χ0v) is 10.3. The number of imide groups is 1. The summed E-state index contributed by atoms with van der Waals surface area (Å²) in [6.45, 7) is 2.27. The quantitative estimate of drug-likeness (QED) is 0.556. The topological polar surface area (TPSA) is 84.2 Å². The van der Waals surface area contributed by atoms with Crippen LogP contribution in [0.15, 0.2) is 29.2 Å². The van der Waals surface area contributed by atoms with Crippen molar-refractivity contribution in [1.82, 2.24) is 10.6 Å². The van der Waals surface area contributed by atoms with Crippen LogP contribution in [0, 0.1) is 0 Å². The molecule has 0 bridgehead atoms. The molecule has 6 heteroatoms. The maximum Gasteiger partial charge on any atom is 0.321 e. The lowest BCUT2D eigenvalue weighted by Gasteiger charge is -2.04. The Kier molecular flexibility index (Phi) is 5.35. The third kappa shape index (κ3) is 5.26. The number of hydrogen-bond acceptors (Lipinski definition) is 4. The van der Waals surface area contributed by atoms with Gasteiger partial charge >= 0.3 is 6.03 Å². The fraction of sp³-hybridized carbons (Fsp3) is 0.273. The molecule has 0 saturated heterocycles. The van der Waals surface area contributed by atoms with Crippen LogP contribution in [0.2, 0.25) is 0 Å². The minimum atomic E-state index is -0.467. The van der Waals surface area contributed by atoms with Crippen molar-refractivity contribution in [2.45, 2.75) is 11.8 Å². The van der Waals surface area contributed by atoms with Gasteiger partial charge in [-0.2, -0.15) is 0 Å². The first-order valence-corrected chi connectivity index (χ1v) is 6.16. The molecule has 0 fully saturated rings. The zero-order chi connectivity index (χ0) is 12.7. The Balaban J connectivity index is 2.35. The Hall–Kier alpha value is -1.69. The van der Waals surface area contributed by atoms with Gasteiger partial charge in [0, 0.05) is 17.1 Å². The molecule has 0 aliphatic carbocycles. The maximum atomic E-state index is 11.4. The van der Waals surface area contributed by atoms with Crippen LogP contribution in [-0.2, 0) is 4.79 Å². The van der Waals surface area contributed by atoms with Crippen molar-refractivity contribution in [3.63, 3.8) is 0 Å². The van der Waals surface area contributed by atoms with Crippen molar-refractivity contribution in [2.75, 3.05) is 18.0 Å². The standard InChI is InChI=1S/C11H15N3O2S/c1-2-13-11(16)14-10(15)7-17-9-5-3-4-8(12)6-9/h3-6H,2,7,12H2,1H3,(H2,13,14,15,16). The van der Waals surface area contributed by atoms with Crippen molar-refractivity contribution in [3.05, 3.63) is 24.3 Å². The first-order valence-electron chi connectivity index (χ1n) is 5.18. The Morgan fingerprint density at radius 2 is 2.18 bits per heavy atom. The molecular formula is C11H15N3O2S. The number of amides is 3. The normalized spacial score (nSPS) is 9.71. The van der Waals surface area contributed by atoms with Crippen LogP contribution in [0.1, 0.15) is 6.92 Å². The molecule has 0 atom stereocenters. The van der Waals surface area contributed by atoms with Gasteiger partial charge in [0.1, 0.15) is 0 Å². The molecule has 0 unspecified atom stereocenters. The van der Waals surface area contributed by atoms with E-state index in [1.165, 1.54) is 11.8 Å². The molecule has 4 N–H and O–H groups in total. The number of anilines is 1. The largest absolute Gasteiger partial charge is 0.399 e. The summed E-state index contributed by atoms with van der Waals surface area (Å²) < 4.78 is 0. The smallest absolute Gasteiger partial charge is 0.321 e. The Labute approximate surface area is 104 Å². The monoisotopic (exact) mass is 253 g/mol. The second-order valence-electron chi connectivity index (χ2n) is 3.27. The number of thioether (sulfide) groups is 1. The molecule has 5 nitrogen and oxygen atoms in total. The van der Waals surface area contributed by atoms with Crippen LogP contribution in [0.5, 0.6) is 0 Å². The lowest BCUT2D eigenvalue weighted by Crippen LogP contribution is -2.40. The summed E-state index contributed by atoms with van der Waals surface area (Å²) >= 11 is 1.33. The van der Waals surface area contributed by atoms with Crippen LogP contribution in [0.25, 0.3) is 0 Å². The van der Waals surface area contributed by atoms with Crippen LogP contribution in [0.4, 0.5) is 10.5 Å². The van der Waals surface area contributed by atoms with Gasteiger partial charge in [0.25, 0.3) is 0 Å². The first kappa shape index (κ1) is 13.4. The predicted octanol–water partition coefficient (Wildman–Crippen LogP) is 1.21. The van der Waals surface area contributed by atoms with Gasteiger partial charge in [-0.1, -0.05) is 6.07 Å². The summed E-state index contributed by atoms with van der Waals surface area (Å²) in [6.07, 6.45) is 0. The molecule has 1 rings (SSSR count). The van der Waals surface area contributed by atoms with Crippen molar-refractivity contribution in [3.8, 4) is 0 Å². The van der Waals surface area contributed by atoms with Crippen LogP contribution < -0.4 is 16.4 Å². The Morgan fingerprint density at radius 1 is 1.41 bits per heavy atom. The molecule has 0 spiro atoms. The van der Waals surface area contributed by atoms with Gasteiger partial charge < -0.3 is 11.1 Å². The van der Waals surface area contributed by atoms with E-state index in [1.54, 1.807) is 19.1 Å². The van der Waals surface area contributed by atoms with Gasteiger partial charge in [-0.15, -0.1) is 11.8 Å². The van der Waals surface area contributed by atoms with E-state index >= 15 is 0 Å². The minimum Gasteiger partial charge on any atom is -0.399 e. The second kappa shape index (κ2) is 6.80. The molecule has 0 saturated carbocycles.